The van der Waals surface area contributed by atoms with Crippen LogP contribution in [0, 0.1) is 0 Å². The van der Waals surface area contributed by atoms with Gasteiger partial charge in [0.1, 0.15) is 5.60 Å². The van der Waals surface area contributed by atoms with E-state index < -0.39 is 5.60 Å². The number of rotatable bonds is 3. The van der Waals surface area contributed by atoms with Crippen LogP contribution in [0.3, 0.4) is 0 Å². The minimum Gasteiger partial charge on any atom is -0.444 e. The molecule has 0 saturated carbocycles. The second-order valence-corrected chi connectivity index (χ2v) is 10.1. The molecule has 0 radical (unpaired) electrons. The number of hydrogen-bond donors (Lipinski definition) is 0. The summed E-state index contributed by atoms with van der Waals surface area (Å²) in [6, 6.07) is 8.23. The summed E-state index contributed by atoms with van der Waals surface area (Å²) in [5.41, 5.74) is 4.82. The van der Waals surface area contributed by atoms with Crippen molar-refractivity contribution >= 4 is 12.0 Å². The molecule has 0 saturated heterocycles. The topological polar surface area (TPSA) is 67.7 Å². The molecule has 2 aliphatic heterocycles. The van der Waals surface area contributed by atoms with Gasteiger partial charge >= 0.3 is 6.09 Å². The number of carbonyl (C=O) groups excluding carboxylic acids is 2. The lowest BCUT2D eigenvalue weighted by atomic mass is 9.96. The first-order valence-electron chi connectivity index (χ1n) is 11.7. The zero-order valence-corrected chi connectivity index (χ0v) is 20.3. The van der Waals surface area contributed by atoms with E-state index in [0.29, 0.717) is 38.4 Å². The van der Waals surface area contributed by atoms with Crippen molar-refractivity contribution in [2.75, 3.05) is 19.6 Å². The van der Waals surface area contributed by atoms with Crippen LogP contribution in [0.2, 0.25) is 0 Å². The molecule has 1 unspecified atom stereocenters. The molecular weight excluding hydrogens is 416 g/mol. The first-order valence-corrected chi connectivity index (χ1v) is 11.7. The Morgan fingerprint density at radius 1 is 1.15 bits per heavy atom. The molecule has 1 atom stereocenters. The molecule has 0 fully saturated rings. The normalized spacial score (nSPS) is 18.1. The molecule has 0 spiro atoms. The Morgan fingerprint density at radius 3 is 2.45 bits per heavy atom. The van der Waals surface area contributed by atoms with E-state index in [-0.39, 0.29) is 18.0 Å². The molecule has 1 aromatic carbocycles. The minimum atomic E-state index is -0.593. The molecule has 1 aromatic heterocycles. The standard InChI is InChI=1S/C26H34N4O3/c1-7-23(31)28-14-12-20-24-21(30(27-20)19-10-8-18(9-11-19)17(2)3)13-15-29(22(24)16-28)25(32)33-26(4,5)6/h7-11,17,22H,1,12-16H2,2-6H3. The zero-order chi connectivity index (χ0) is 23.9. The van der Waals surface area contributed by atoms with E-state index in [2.05, 4.69) is 44.7 Å². The van der Waals surface area contributed by atoms with Gasteiger partial charge in [-0.25, -0.2) is 9.48 Å². The fourth-order valence-electron chi connectivity index (χ4n) is 4.68. The third-order valence-electron chi connectivity index (χ3n) is 6.33. The van der Waals surface area contributed by atoms with E-state index in [1.165, 1.54) is 11.6 Å². The highest BCUT2D eigenvalue weighted by molar-refractivity contribution is 5.87. The number of amides is 2. The maximum Gasteiger partial charge on any atom is 0.410 e. The van der Waals surface area contributed by atoms with Crippen molar-refractivity contribution in [3.05, 3.63) is 59.4 Å². The number of carbonyl (C=O) groups is 2. The van der Waals surface area contributed by atoms with Crippen molar-refractivity contribution in [3.63, 3.8) is 0 Å². The van der Waals surface area contributed by atoms with Gasteiger partial charge in [-0.15, -0.1) is 0 Å². The lowest BCUT2D eigenvalue weighted by Gasteiger charge is -2.38. The van der Waals surface area contributed by atoms with Crippen LogP contribution >= 0.6 is 0 Å². The third kappa shape index (κ3) is 4.54. The molecular formula is C26H34N4O3. The van der Waals surface area contributed by atoms with Crippen molar-refractivity contribution in [1.29, 1.82) is 0 Å². The Balaban J connectivity index is 1.76. The molecule has 2 aromatic rings. The van der Waals surface area contributed by atoms with Crippen molar-refractivity contribution in [1.82, 2.24) is 19.6 Å². The smallest absolute Gasteiger partial charge is 0.410 e. The first kappa shape index (κ1) is 23.1. The Hall–Kier alpha value is -3.09. The van der Waals surface area contributed by atoms with Crippen LogP contribution in [0.4, 0.5) is 4.79 Å². The Kier molecular flexibility index (Phi) is 6.08. The molecule has 7 nitrogen and oxygen atoms in total. The number of hydrogen-bond acceptors (Lipinski definition) is 4. The lowest BCUT2D eigenvalue weighted by molar-refractivity contribution is -0.126. The van der Waals surface area contributed by atoms with Gasteiger partial charge in [-0.05, 0) is 50.5 Å². The number of ether oxygens (including phenoxy) is 1. The number of benzene rings is 1. The summed E-state index contributed by atoms with van der Waals surface area (Å²) in [5.74, 6) is 0.334. The van der Waals surface area contributed by atoms with Crippen LogP contribution in [0.1, 0.15) is 69.1 Å². The second-order valence-electron chi connectivity index (χ2n) is 10.1. The molecule has 3 heterocycles. The van der Waals surface area contributed by atoms with Gasteiger partial charge in [0, 0.05) is 38.0 Å². The van der Waals surface area contributed by atoms with Crippen LogP contribution in [0.5, 0.6) is 0 Å². The molecule has 2 aliphatic rings. The minimum absolute atomic E-state index is 0.131. The Labute approximate surface area is 196 Å². The highest BCUT2D eigenvalue weighted by Gasteiger charge is 2.41. The van der Waals surface area contributed by atoms with Crippen molar-refractivity contribution in [2.24, 2.45) is 0 Å². The summed E-state index contributed by atoms with van der Waals surface area (Å²) in [6.07, 6.45) is 2.30. The summed E-state index contributed by atoms with van der Waals surface area (Å²) in [7, 11) is 0. The van der Waals surface area contributed by atoms with E-state index in [1.54, 1.807) is 9.80 Å². The predicted molar refractivity (Wildman–Crippen MR) is 128 cm³/mol. The fraction of sp³-hybridized carbons (Fsp3) is 0.500. The zero-order valence-electron chi connectivity index (χ0n) is 20.3. The molecule has 0 bridgehead atoms. The van der Waals surface area contributed by atoms with Gasteiger partial charge in [0.05, 0.1) is 23.1 Å². The van der Waals surface area contributed by atoms with Gasteiger partial charge in [-0.3, -0.25) is 9.69 Å². The van der Waals surface area contributed by atoms with Gasteiger partial charge in [0.2, 0.25) is 5.91 Å². The van der Waals surface area contributed by atoms with E-state index >= 15 is 0 Å². The fourth-order valence-corrected chi connectivity index (χ4v) is 4.68. The van der Waals surface area contributed by atoms with Crippen LogP contribution in [-0.2, 0) is 22.4 Å². The van der Waals surface area contributed by atoms with Gasteiger partial charge < -0.3 is 9.64 Å². The Bertz CT molecular complexity index is 1060. The highest BCUT2D eigenvalue weighted by atomic mass is 16.6. The first-order chi connectivity index (χ1) is 15.6. The van der Waals surface area contributed by atoms with E-state index in [0.717, 1.165) is 22.6 Å². The summed E-state index contributed by atoms with van der Waals surface area (Å²) in [4.78, 5) is 29.1. The van der Waals surface area contributed by atoms with E-state index in [9.17, 15) is 9.59 Å². The average molecular weight is 451 g/mol. The van der Waals surface area contributed by atoms with Gasteiger partial charge in [0.25, 0.3) is 0 Å². The quantitative estimate of drug-likeness (QED) is 0.650. The molecule has 33 heavy (non-hydrogen) atoms. The Morgan fingerprint density at radius 2 is 1.85 bits per heavy atom. The van der Waals surface area contributed by atoms with Crippen LogP contribution in [0.15, 0.2) is 36.9 Å². The largest absolute Gasteiger partial charge is 0.444 e. The van der Waals surface area contributed by atoms with E-state index in [1.807, 2.05) is 25.5 Å². The molecule has 2 amide bonds. The molecule has 0 aliphatic carbocycles. The van der Waals surface area contributed by atoms with Crippen molar-refractivity contribution in [2.45, 2.75) is 65.0 Å². The molecule has 7 heteroatoms. The van der Waals surface area contributed by atoms with Gasteiger partial charge in [0.15, 0.2) is 0 Å². The predicted octanol–water partition coefficient (Wildman–Crippen LogP) is 4.40. The molecule has 0 N–H and O–H groups in total. The number of aromatic nitrogens is 2. The summed E-state index contributed by atoms with van der Waals surface area (Å²) in [5, 5.41) is 4.98. The lowest BCUT2D eigenvalue weighted by Crippen LogP contribution is -2.47. The van der Waals surface area contributed by atoms with Crippen LogP contribution < -0.4 is 0 Å². The summed E-state index contributed by atoms with van der Waals surface area (Å²) < 4.78 is 7.74. The van der Waals surface area contributed by atoms with Crippen molar-refractivity contribution in [3.8, 4) is 5.69 Å². The van der Waals surface area contributed by atoms with Crippen molar-refractivity contribution < 1.29 is 14.3 Å². The van der Waals surface area contributed by atoms with E-state index in [4.69, 9.17) is 9.84 Å². The average Bonchev–Trinajstić information content (AvgIpc) is 3.02. The van der Waals surface area contributed by atoms with Gasteiger partial charge in [-0.1, -0.05) is 32.6 Å². The summed E-state index contributed by atoms with van der Waals surface area (Å²) in [6.45, 7) is 15.1. The maximum absolute atomic E-state index is 13.1. The summed E-state index contributed by atoms with van der Waals surface area (Å²) >= 11 is 0. The molecule has 4 rings (SSSR count). The number of nitrogens with zero attached hydrogens (tertiary/aromatic N) is 4. The van der Waals surface area contributed by atoms with Crippen LogP contribution in [-0.4, -0.2) is 56.8 Å². The SMILES string of the molecule is C=CC(=O)N1CCc2nn(-c3ccc(C(C)C)cc3)c3c2C(C1)N(C(=O)OC(C)(C)C)CC3. The van der Waals surface area contributed by atoms with Gasteiger partial charge in [-0.2, -0.15) is 5.10 Å². The maximum atomic E-state index is 13.1. The van der Waals surface area contributed by atoms with Crippen LogP contribution in [0.25, 0.3) is 5.69 Å². The third-order valence-corrected chi connectivity index (χ3v) is 6.33. The molecule has 176 valence electrons. The highest BCUT2D eigenvalue weighted by Crippen LogP contribution is 2.37. The second kappa shape index (κ2) is 8.69. The monoisotopic (exact) mass is 450 g/mol.